The van der Waals surface area contributed by atoms with Crippen molar-refractivity contribution in [3.8, 4) is 11.3 Å². The second-order valence-corrected chi connectivity index (χ2v) is 9.68. The molecule has 1 aliphatic carbocycles. The van der Waals surface area contributed by atoms with Gasteiger partial charge in [-0.3, -0.25) is 0 Å². The van der Waals surface area contributed by atoms with E-state index in [1.807, 2.05) is 0 Å². The first kappa shape index (κ1) is 19.8. The van der Waals surface area contributed by atoms with E-state index in [-0.39, 0.29) is 0 Å². The molecule has 0 saturated heterocycles. The molecule has 0 unspecified atom stereocenters. The molecule has 4 nitrogen and oxygen atoms in total. The first-order valence-corrected chi connectivity index (χ1v) is 12.7. The van der Waals surface area contributed by atoms with E-state index in [4.69, 9.17) is 15.0 Å². The molecule has 0 spiro atoms. The van der Waals surface area contributed by atoms with Crippen LogP contribution in [0.1, 0.15) is 37.3 Å². The lowest BCUT2D eigenvalue weighted by atomic mass is 10.0. The molecule has 0 saturated carbocycles. The van der Waals surface area contributed by atoms with Gasteiger partial charge in [0.2, 0.25) is 0 Å². The smallest absolute Gasteiger partial charge is 0.189 e. The largest absolute Gasteiger partial charge is 0.358 e. The summed E-state index contributed by atoms with van der Waals surface area (Å²) < 4.78 is 1.17. The Morgan fingerprint density at radius 2 is 1.87 bits per heavy atom. The van der Waals surface area contributed by atoms with Gasteiger partial charge in [-0.2, -0.15) is 0 Å². The van der Waals surface area contributed by atoms with E-state index in [2.05, 4.69) is 55.5 Å². The highest BCUT2D eigenvalue weighted by molar-refractivity contribution is 7.98. The van der Waals surface area contributed by atoms with Crippen molar-refractivity contribution in [1.29, 1.82) is 0 Å². The number of aryl methyl sites for hydroxylation is 1. The van der Waals surface area contributed by atoms with Crippen LogP contribution in [0.4, 0.5) is 5.82 Å². The van der Waals surface area contributed by atoms with Gasteiger partial charge in [-0.05, 0) is 43.1 Å². The monoisotopic (exact) mass is 434 g/mol. The minimum absolute atomic E-state index is 0.847. The first-order chi connectivity index (χ1) is 14.7. The summed E-state index contributed by atoms with van der Waals surface area (Å²) in [5.74, 6) is 1.05. The Morgan fingerprint density at radius 3 is 2.63 bits per heavy atom. The molecule has 3 aromatic heterocycles. The SMILES string of the molecule is CCCCN(C)c1nc(SC)nc2c1sc1nc(-c3ccccc3)c3c(c12)CCC3. The Morgan fingerprint density at radius 1 is 1.07 bits per heavy atom. The van der Waals surface area contributed by atoms with E-state index in [1.165, 1.54) is 39.6 Å². The van der Waals surface area contributed by atoms with E-state index in [1.54, 1.807) is 23.1 Å². The number of thiophene rings is 1. The van der Waals surface area contributed by atoms with Crippen molar-refractivity contribution in [2.45, 2.75) is 44.2 Å². The number of pyridine rings is 1. The summed E-state index contributed by atoms with van der Waals surface area (Å²) in [6, 6.07) is 10.6. The van der Waals surface area contributed by atoms with Crippen LogP contribution in [0.2, 0.25) is 0 Å². The maximum absolute atomic E-state index is 5.20. The van der Waals surface area contributed by atoms with Crippen LogP contribution in [0, 0.1) is 0 Å². The second-order valence-electron chi connectivity index (χ2n) is 7.91. The topological polar surface area (TPSA) is 41.9 Å². The Labute approximate surface area is 185 Å². The summed E-state index contributed by atoms with van der Waals surface area (Å²) in [5.41, 5.74) is 6.34. The average Bonchev–Trinajstić information content (AvgIpc) is 3.40. The maximum Gasteiger partial charge on any atom is 0.189 e. The van der Waals surface area contributed by atoms with Gasteiger partial charge in [-0.15, -0.1) is 11.3 Å². The van der Waals surface area contributed by atoms with Crippen molar-refractivity contribution in [2.24, 2.45) is 0 Å². The quantitative estimate of drug-likeness (QED) is 0.261. The number of rotatable bonds is 6. The molecule has 6 heteroatoms. The van der Waals surface area contributed by atoms with E-state index in [0.717, 1.165) is 52.8 Å². The average molecular weight is 435 g/mol. The normalized spacial score (nSPS) is 13.3. The van der Waals surface area contributed by atoms with Gasteiger partial charge in [0.1, 0.15) is 4.83 Å². The molecule has 0 bridgehead atoms. The van der Waals surface area contributed by atoms with Crippen LogP contribution in [0.25, 0.3) is 31.7 Å². The van der Waals surface area contributed by atoms with Gasteiger partial charge in [-0.25, -0.2) is 15.0 Å². The third-order valence-electron chi connectivity index (χ3n) is 5.93. The highest BCUT2D eigenvalue weighted by Gasteiger charge is 2.26. The molecule has 1 aliphatic rings. The Bertz CT molecular complexity index is 1220. The fourth-order valence-corrected chi connectivity index (χ4v) is 5.97. The van der Waals surface area contributed by atoms with Crippen molar-refractivity contribution in [3.05, 3.63) is 41.5 Å². The Balaban J connectivity index is 1.79. The van der Waals surface area contributed by atoms with Gasteiger partial charge in [-0.1, -0.05) is 55.4 Å². The summed E-state index contributed by atoms with van der Waals surface area (Å²) in [7, 11) is 2.15. The van der Waals surface area contributed by atoms with Gasteiger partial charge < -0.3 is 4.90 Å². The number of fused-ring (bicyclic) bond motifs is 5. The highest BCUT2D eigenvalue weighted by atomic mass is 32.2. The maximum atomic E-state index is 5.20. The summed E-state index contributed by atoms with van der Waals surface area (Å²) in [6.45, 7) is 3.24. The number of hydrogen-bond donors (Lipinski definition) is 0. The van der Waals surface area contributed by atoms with Gasteiger partial charge >= 0.3 is 0 Å². The molecule has 3 heterocycles. The molecule has 154 valence electrons. The number of unbranched alkanes of at least 4 members (excludes halogenated alkanes) is 1. The molecule has 0 aliphatic heterocycles. The van der Waals surface area contributed by atoms with Crippen molar-refractivity contribution >= 4 is 49.3 Å². The van der Waals surface area contributed by atoms with Gasteiger partial charge in [0.15, 0.2) is 11.0 Å². The lowest BCUT2D eigenvalue weighted by molar-refractivity contribution is 0.756. The fourth-order valence-electron chi connectivity index (χ4n) is 4.42. The molecular formula is C24H26N4S2. The molecule has 1 aromatic carbocycles. The highest BCUT2D eigenvalue weighted by Crippen LogP contribution is 2.44. The number of nitrogens with zero attached hydrogens (tertiary/aromatic N) is 4. The number of hydrogen-bond acceptors (Lipinski definition) is 6. The minimum Gasteiger partial charge on any atom is -0.358 e. The molecule has 0 fully saturated rings. The summed E-state index contributed by atoms with van der Waals surface area (Å²) in [5, 5.41) is 2.12. The Kier molecular flexibility index (Phi) is 5.37. The zero-order chi connectivity index (χ0) is 20.7. The third-order valence-corrected chi connectivity index (χ3v) is 7.55. The van der Waals surface area contributed by atoms with Crippen molar-refractivity contribution < 1.29 is 0 Å². The van der Waals surface area contributed by atoms with Crippen molar-refractivity contribution in [3.63, 3.8) is 0 Å². The Hall–Kier alpha value is -2.18. The van der Waals surface area contributed by atoms with E-state index in [0.29, 0.717) is 0 Å². The van der Waals surface area contributed by atoms with Crippen molar-refractivity contribution in [1.82, 2.24) is 15.0 Å². The van der Waals surface area contributed by atoms with Crippen molar-refractivity contribution in [2.75, 3.05) is 24.7 Å². The molecule has 0 amide bonds. The predicted octanol–water partition coefficient (Wildman–Crippen LogP) is 6.35. The van der Waals surface area contributed by atoms with Crippen LogP contribution >= 0.6 is 23.1 Å². The first-order valence-electron chi connectivity index (χ1n) is 10.7. The van der Waals surface area contributed by atoms with Crippen LogP contribution in [-0.2, 0) is 12.8 Å². The minimum atomic E-state index is 0.847. The van der Waals surface area contributed by atoms with Crippen LogP contribution in [0.3, 0.4) is 0 Å². The van der Waals surface area contributed by atoms with Crippen LogP contribution in [0.15, 0.2) is 35.5 Å². The number of anilines is 1. The van der Waals surface area contributed by atoms with E-state index >= 15 is 0 Å². The lowest BCUT2D eigenvalue weighted by Gasteiger charge is -2.18. The molecule has 0 atom stereocenters. The third kappa shape index (κ3) is 3.26. The number of benzene rings is 1. The van der Waals surface area contributed by atoms with E-state index in [9.17, 15) is 0 Å². The molecule has 5 rings (SSSR count). The molecular weight excluding hydrogens is 408 g/mol. The molecule has 0 radical (unpaired) electrons. The predicted molar refractivity (Wildman–Crippen MR) is 130 cm³/mol. The molecule has 4 aromatic rings. The second kappa shape index (κ2) is 8.16. The summed E-state index contributed by atoms with van der Waals surface area (Å²) in [4.78, 5) is 18.5. The fraction of sp³-hybridized carbons (Fsp3) is 0.375. The lowest BCUT2D eigenvalue weighted by Crippen LogP contribution is -2.20. The summed E-state index contributed by atoms with van der Waals surface area (Å²) >= 11 is 3.38. The zero-order valence-electron chi connectivity index (χ0n) is 17.7. The van der Waals surface area contributed by atoms with Gasteiger partial charge in [0.05, 0.1) is 15.9 Å². The van der Waals surface area contributed by atoms with Crippen LogP contribution in [-0.4, -0.2) is 34.8 Å². The standard InChI is InChI=1S/C24H26N4S2/c1-4-5-14-28(2)22-21-20(26-24(27-22)29-3)18-16-12-9-13-17(16)19(25-23(18)30-21)15-10-7-6-8-11-15/h6-8,10-11H,4-5,9,12-14H2,1-3H3. The summed E-state index contributed by atoms with van der Waals surface area (Å²) in [6.07, 6.45) is 7.80. The molecule has 30 heavy (non-hydrogen) atoms. The number of aromatic nitrogens is 3. The zero-order valence-corrected chi connectivity index (χ0v) is 19.4. The van der Waals surface area contributed by atoms with Gasteiger partial charge in [0, 0.05) is 24.5 Å². The van der Waals surface area contributed by atoms with Crippen LogP contribution < -0.4 is 4.90 Å². The van der Waals surface area contributed by atoms with Crippen LogP contribution in [0.5, 0.6) is 0 Å². The molecule has 0 N–H and O–H groups in total. The van der Waals surface area contributed by atoms with Gasteiger partial charge in [0.25, 0.3) is 0 Å². The van der Waals surface area contributed by atoms with E-state index < -0.39 is 0 Å². The number of thioether (sulfide) groups is 1.